The highest BCUT2D eigenvalue weighted by Gasteiger charge is 2.32. The standard InChI is InChI=1S/C18H28N4O3/c1-11(2)22-16(15-12(3)7-8-24-15)20-21(17(22)23)10-14-19-9-13(25-14)18(4,5)6/h9,11-12,15H,7-8,10H2,1-6H3/t12-,15+/m1/s1. The minimum atomic E-state index is -0.150. The summed E-state index contributed by atoms with van der Waals surface area (Å²) >= 11 is 0. The van der Waals surface area contributed by atoms with Gasteiger partial charge in [0.2, 0.25) is 5.89 Å². The number of aromatic nitrogens is 4. The van der Waals surface area contributed by atoms with Gasteiger partial charge < -0.3 is 9.15 Å². The monoisotopic (exact) mass is 348 g/mol. The molecule has 0 bridgehead atoms. The Morgan fingerprint density at radius 2 is 2.08 bits per heavy atom. The molecule has 0 radical (unpaired) electrons. The van der Waals surface area contributed by atoms with Crippen molar-refractivity contribution in [2.75, 3.05) is 6.61 Å². The van der Waals surface area contributed by atoms with E-state index in [-0.39, 0.29) is 29.8 Å². The van der Waals surface area contributed by atoms with E-state index < -0.39 is 0 Å². The Bertz CT molecular complexity index is 794. The highest BCUT2D eigenvalue weighted by Crippen LogP contribution is 2.33. The van der Waals surface area contributed by atoms with E-state index in [2.05, 4.69) is 37.8 Å². The smallest absolute Gasteiger partial charge is 0.346 e. The van der Waals surface area contributed by atoms with E-state index in [1.807, 2.05) is 13.8 Å². The van der Waals surface area contributed by atoms with Gasteiger partial charge in [0.1, 0.15) is 18.4 Å². The van der Waals surface area contributed by atoms with Crippen molar-refractivity contribution in [2.24, 2.45) is 5.92 Å². The first-order valence-electron chi connectivity index (χ1n) is 8.94. The summed E-state index contributed by atoms with van der Waals surface area (Å²) in [4.78, 5) is 17.1. The predicted octanol–water partition coefficient (Wildman–Crippen LogP) is 3.06. The van der Waals surface area contributed by atoms with Crippen LogP contribution in [0.1, 0.15) is 77.6 Å². The molecule has 2 atom stereocenters. The van der Waals surface area contributed by atoms with Crippen LogP contribution >= 0.6 is 0 Å². The van der Waals surface area contributed by atoms with Crippen LogP contribution in [0.5, 0.6) is 0 Å². The number of hydrogen-bond donors (Lipinski definition) is 0. The van der Waals surface area contributed by atoms with Crippen LogP contribution in [-0.2, 0) is 16.7 Å². The molecule has 1 fully saturated rings. The van der Waals surface area contributed by atoms with Gasteiger partial charge in [-0.15, -0.1) is 0 Å². The lowest BCUT2D eigenvalue weighted by Crippen LogP contribution is -2.28. The highest BCUT2D eigenvalue weighted by molar-refractivity contribution is 5.06. The molecule has 1 aliphatic rings. The molecule has 0 amide bonds. The Labute approximate surface area is 148 Å². The fourth-order valence-electron chi connectivity index (χ4n) is 3.10. The predicted molar refractivity (Wildman–Crippen MR) is 93.7 cm³/mol. The summed E-state index contributed by atoms with van der Waals surface area (Å²) < 4.78 is 14.8. The fraction of sp³-hybridized carbons (Fsp3) is 0.722. The lowest BCUT2D eigenvalue weighted by atomic mass is 9.94. The van der Waals surface area contributed by atoms with Gasteiger partial charge in [-0.25, -0.2) is 14.5 Å². The lowest BCUT2D eigenvalue weighted by molar-refractivity contribution is 0.0825. The number of ether oxygens (including phenoxy) is 1. The maximum absolute atomic E-state index is 12.8. The molecule has 138 valence electrons. The van der Waals surface area contributed by atoms with Crippen molar-refractivity contribution in [1.29, 1.82) is 0 Å². The quantitative estimate of drug-likeness (QED) is 0.849. The molecule has 3 rings (SSSR count). The molecule has 0 unspecified atom stereocenters. The van der Waals surface area contributed by atoms with Crippen molar-refractivity contribution in [3.8, 4) is 0 Å². The lowest BCUT2D eigenvalue weighted by Gasteiger charge is -2.16. The van der Waals surface area contributed by atoms with Crippen LogP contribution in [0, 0.1) is 5.92 Å². The number of rotatable bonds is 4. The van der Waals surface area contributed by atoms with Gasteiger partial charge in [-0.05, 0) is 26.2 Å². The SMILES string of the molecule is CC(C)n1c([C@H]2OCC[C@H]2C)nn(Cc2ncc(C(C)(C)C)o2)c1=O. The second-order valence-electron chi connectivity index (χ2n) is 8.19. The van der Waals surface area contributed by atoms with Gasteiger partial charge in [0.05, 0.1) is 6.20 Å². The summed E-state index contributed by atoms with van der Waals surface area (Å²) in [5.41, 5.74) is -0.269. The van der Waals surface area contributed by atoms with Crippen molar-refractivity contribution >= 4 is 0 Å². The third kappa shape index (κ3) is 3.42. The first kappa shape index (κ1) is 17.9. The molecule has 0 N–H and O–H groups in total. The molecular formula is C18H28N4O3. The minimum Gasteiger partial charge on any atom is -0.443 e. The highest BCUT2D eigenvalue weighted by atomic mass is 16.5. The van der Waals surface area contributed by atoms with E-state index in [1.54, 1.807) is 10.8 Å². The largest absolute Gasteiger partial charge is 0.443 e. The molecule has 3 heterocycles. The number of nitrogens with zero attached hydrogens (tertiary/aromatic N) is 4. The fourth-order valence-corrected chi connectivity index (χ4v) is 3.10. The Morgan fingerprint density at radius 3 is 2.60 bits per heavy atom. The van der Waals surface area contributed by atoms with E-state index in [1.165, 1.54) is 4.68 Å². The maximum atomic E-state index is 12.8. The van der Waals surface area contributed by atoms with E-state index in [0.717, 1.165) is 12.2 Å². The molecule has 2 aromatic heterocycles. The van der Waals surface area contributed by atoms with Crippen molar-refractivity contribution in [3.05, 3.63) is 34.2 Å². The third-order valence-corrected chi connectivity index (χ3v) is 4.63. The van der Waals surface area contributed by atoms with Gasteiger partial charge in [-0.1, -0.05) is 27.7 Å². The minimum absolute atomic E-state index is 0.0161. The molecule has 0 saturated carbocycles. The summed E-state index contributed by atoms with van der Waals surface area (Å²) in [6, 6.07) is 0.0161. The van der Waals surface area contributed by atoms with E-state index in [0.29, 0.717) is 24.2 Å². The van der Waals surface area contributed by atoms with E-state index in [4.69, 9.17) is 9.15 Å². The molecule has 0 aromatic carbocycles. The van der Waals surface area contributed by atoms with Crippen molar-refractivity contribution in [3.63, 3.8) is 0 Å². The van der Waals surface area contributed by atoms with Crippen molar-refractivity contribution in [1.82, 2.24) is 19.3 Å². The third-order valence-electron chi connectivity index (χ3n) is 4.63. The number of oxazole rings is 1. The van der Waals surface area contributed by atoms with Crippen LogP contribution in [0.15, 0.2) is 15.4 Å². The van der Waals surface area contributed by atoms with Crippen molar-refractivity contribution < 1.29 is 9.15 Å². The summed E-state index contributed by atoms with van der Waals surface area (Å²) in [6.45, 7) is 13.2. The molecule has 1 aliphatic heterocycles. The molecular weight excluding hydrogens is 320 g/mol. The van der Waals surface area contributed by atoms with Gasteiger partial charge in [-0.3, -0.25) is 4.57 Å². The van der Waals surface area contributed by atoms with E-state index >= 15 is 0 Å². The van der Waals surface area contributed by atoms with Crippen LogP contribution in [0.2, 0.25) is 0 Å². The zero-order valence-electron chi connectivity index (χ0n) is 15.9. The first-order chi connectivity index (χ1) is 11.7. The Morgan fingerprint density at radius 1 is 1.36 bits per heavy atom. The molecule has 25 heavy (non-hydrogen) atoms. The first-order valence-corrected chi connectivity index (χ1v) is 8.94. The molecule has 0 spiro atoms. The molecule has 2 aromatic rings. The molecule has 1 saturated heterocycles. The topological polar surface area (TPSA) is 75.1 Å². The average molecular weight is 348 g/mol. The van der Waals surface area contributed by atoms with Gasteiger partial charge in [-0.2, -0.15) is 5.10 Å². The van der Waals surface area contributed by atoms with Crippen LogP contribution < -0.4 is 5.69 Å². The number of hydrogen-bond acceptors (Lipinski definition) is 5. The molecule has 0 aliphatic carbocycles. The van der Waals surface area contributed by atoms with Gasteiger partial charge in [0.25, 0.3) is 0 Å². The summed E-state index contributed by atoms with van der Waals surface area (Å²) in [5.74, 6) is 2.34. The summed E-state index contributed by atoms with van der Waals surface area (Å²) in [7, 11) is 0. The van der Waals surface area contributed by atoms with E-state index in [9.17, 15) is 4.79 Å². The van der Waals surface area contributed by atoms with Gasteiger partial charge >= 0.3 is 5.69 Å². The summed E-state index contributed by atoms with van der Waals surface area (Å²) in [5, 5.41) is 4.57. The normalized spacial score (nSPS) is 21.4. The zero-order valence-corrected chi connectivity index (χ0v) is 15.9. The Kier molecular flexibility index (Phi) is 4.62. The second kappa shape index (κ2) is 6.44. The Balaban J connectivity index is 1.94. The zero-order chi connectivity index (χ0) is 18.4. The van der Waals surface area contributed by atoms with Crippen LogP contribution in [0.25, 0.3) is 0 Å². The van der Waals surface area contributed by atoms with Gasteiger partial charge in [0, 0.05) is 18.1 Å². The van der Waals surface area contributed by atoms with Crippen LogP contribution in [-0.4, -0.2) is 25.9 Å². The van der Waals surface area contributed by atoms with Crippen molar-refractivity contribution in [2.45, 2.75) is 72.1 Å². The van der Waals surface area contributed by atoms with Crippen LogP contribution in [0.3, 0.4) is 0 Å². The Hall–Kier alpha value is -1.89. The average Bonchev–Trinajstić information content (AvgIpc) is 3.19. The molecule has 7 nitrogen and oxygen atoms in total. The second-order valence-corrected chi connectivity index (χ2v) is 8.19. The summed E-state index contributed by atoms with van der Waals surface area (Å²) in [6.07, 6.45) is 2.58. The maximum Gasteiger partial charge on any atom is 0.346 e. The molecule has 7 heteroatoms. The van der Waals surface area contributed by atoms with Gasteiger partial charge in [0.15, 0.2) is 5.82 Å². The van der Waals surface area contributed by atoms with Crippen LogP contribution in [0.4, 0.5) is 0 Å².